The fraction of sp³-hybridized carbons (Fsp3) is 0.381. The third-order valence-electron chi connectivity index (χ3n) is 5.59. The maximum absolute atomic E-state index is 12.7. The quantitative estimate of drug-likeness (QED) is 0.776. The number of ether oxygens (including phenoxy) is 1. The van der Waals surface area contributed by atoms with E-state index in [0.717, 1.165) is 53.5 Å². The second kappa shape index (κ2) is 6.78. The van der Waals surface area contributed by atoms with Crippen LogP contribution >= 0.6 is 0 Å². The van der Waals surface area contributed by atoms with Crippen molar-refractivity contribution in [3.63, 3.8) is 0 Å². The Hall–Kier alpha value is -2.73. The molecule has 5 rings (SSSR count). The summed E-state index contributed by atoms with van der Waals surface area (Å²) in [5.41, 5.74) is 2.14. The molecule has 0 bridgehead atoms. The lowest BCUT2D eigenvalue weighted by Crippen LogP contribution is -2.38. The molecule has 138 valence electrons. The van der Waals surface area contributed by atoms with Crippen LogP contribution in [0.2, 0.25) is 0 Å². The van der Waals surface area contributed by atoms with Crippen LogP contribution in [0.1, 0.15) is 30.1 Å². The van der Waals surface area contributed by atoms with Gasteiger partial charge in [-0.25, -0.2) is 9.67 Å². The van der Waals surface area contributed by atoms with Gasteiger partial charge in [0.25, 0.3) is 5.56 Å². The number of hydrogen-bond donors (Lipinski definition) is 1. The SMILES string of the molecule is O=c1cc2c(nn1C1COCC1Nc1nccc3ccccc13)CCCC2. The minimum Gasteiger partial charge on any atom is -0.377 e. The third-order valence-corrected chi connectivity index (χ3v) is 5.59. The Labute approximate surface area is 157 Å². The van der Waals surface area contributed by atoms with Crippen molar-refractivity contribution in [2.75, 3.05) is 18.5 Å². The molecule has 1 N–H and O–H groups in total. The van der Waals surface area contributed by atoms with Gasteiger partial charge in [-0.15, -0.1) is 0 Å². The van der Waals surface area contributed by atoms with Gasteiger partial charge in [0.1, 0.15) is 11.9 Å². The van der Waals surface area contributed by atoms with Gasteiger partial charge in [0.2, 0.25) is 0 Å². The van der Waals surface area contributed by atoms with Crippen LogP contribution in [-0.4, -0.2) is 34.0 Å². The van der Waals surface area contributed by atoms with Crippen LogP contribution in [0.15, 0.2) is 47.4 Å². The van der Waals surface area contributed by atoms with Gasteiger partial charge < -0.3 is 10.1 Å². The van der Waals surface area contributed by atoms with Crippen molar-refractivity contribution in [1.29, 1.82) is 0 Å². The highest BCUT2D eigenvalue weighted by Crippen LogP contribution is 2.26. The Morgan fingerprint density at radius 3 is 2.96 bits per heavy atom. The van der Waals surface area contributed by atoms with E-state index in [2.05, 4.69) is 22.4 Å². The van der Waals surface area contributed by atoms with Crippen LogP contribution in [-0.2, 0) is 17.6 Å². The van der Waals surface area contributed by atoms with E-state index in [4.69, 9.17) is 9.84 Å². The molecular weight excluding hydrogens is 340 g/mol. The van der Waals surface area contributed by atoms with Crippen molar-refractivity contribution in [1.82, 2.24) is 14.8 Å². The molecule has 6 nitrogen and oxygen atoms in total. The molecule has 1 aliphatic heterocycles. The average Bonchev–Trinajstić information content (AvgIpc) is 3.15. The smallest absolute Gasteiger partial charge is 0.267 e. The third kappa shape index (κ3) is 3.00. The van der Waals surface area contributed by atoms with Crippen LogP contribution in [0.3, 0.4) is 0 Å². The summed E-state index contributed by atoms with van der Waals surface area (Å²) in [4.78, 5) is 17.2. The van der Waals surface area contributed by atoms with E-state index in [0.29, 0.717) is 13.2 Å². The summed E-state index contributed by atoms with van der Waals surface area (Å²) in [5.74, 6) is 0.819. The number of fused-ring (bicyclic) bond motifs is 2. The van der Waals surface area contributed by atoms with E-state index < -0.39 is 0 Å². The Morgan fingerprint density at radius 2 is 2.00 bits per heavy atom. The van der Waals surface area contributed by atoms with Crippen LogP contribution in [0.4, 0.5) is 5.82 Å². The molecule has 0 amide bonds. The minimum atomic E-state index is -0.134. The fourth-order valence-corrected chi connectivity index (χ4v) is 4.15. The summed E-state index contributed by atoms with van der Waals surface area (Å²) in [6.07, 6.45) is 5.99. The maximum atomic E-state index is 12.7. The van der Waals surface area contributed by atoms with Crippen molar-refractivity contribution in [3.8, 4) is 0 Å². The van der Waals surface area contributed by atoms with Gasteiger partial charge in [-0.1, -0.05) is 24.3 Å². The van der Waals surface area contributed by atoms with Gasteiger partial charge in [0.05, 0.1) is 24.9 Å². The second-order valence-corrected chi connectivity index (χ2v) is 7.34. The normalized spacial score (nSPS) is 21.9. The highest BCUT2D eigenvalue weighted by atomic mass is 16.5. The van der Waals surface area contributed by atoms with E-state index in [1.165, 1.54) is 0 Å². The Morgan fingerprint density at radius 1 is 1.11 bits per heavy atom. The molecule has 2 unspecified atom stereocenters. The van der Waals surface area contributed by atoms with Gasteiger partial charge >= 0.3 is 0 Å². The lowest BCUT2D eigenvalue weighted by atomic mass is 9.97. The number of hydrogen-bond acceptors (Lipinski definition) is 5. The standard InChI is InChI=1S/C21H22N4O2/c26-20-11-15-6-2-4-8-17(15)24-25(20)19-13-27-12-18(19)23-21-16-7-3-1-5-14(16)9-10-22-21/h1,3,5,7,9-11,18-19H,2,4,6,8,12-13H2,(H,22,23). The number of benzene rings is 1. The number of pyridine rings is 1. The first-order chi connectivity index (χ1) is 13.3. The lowest BCUT2D eigenvalue weighted by Gasteiger charge is -2.23. The topological polar surface area (TPSA) is 69.0 Å². The van der Waals surface area contributed by atoms with Crippen LogP contribution < -0.4 is 10.9 Å². The summed E-state index contributed by atoms with van der Waals surface area (Å²) >= 11 is 0. The van der Waals surface area contributed by atoms with E-state index in [-0.39, 0.29) is 17.6 Å². The molecule has 0 radical (unpaired) electrons. The molecular formula is C21H22N4O2. The second-order valence-electron chi connectivity index (χ2n) is 7.34. The summed E-state index contributed by atoms with van der Waals surface area (Å²) in [5, 5.41) is 10.4. The summed E-state index contributed by atoms with van der Waals surface area (Å²) in [6.45, 7) is 1.01. The molecule has 3 heterocycles. The molecule has 1 saturated heterocycles. The van der Waals surface area contributed by atoms with E-state index >= 15 is 0 Å². The van der Waals surface area contributed by atoms with Gasteiger partial charge in [-0.3, -0.25) is 4.79 Å². The molecule has 1 aromatic carbocycles. The zero-order chi connectivity index (χ0) is 18.2. The molecule has 0 spiro atoms. The molecule has 6 heteroatoms. The number of aromatic nitrogens is 3. The summed E-state index contributed by atoms with van der Waals surface area (Å²) in [7, 11) is 0. The number of nitrogens with one attached hydrogen (secondary N) is 1. The van der Waals surface area contributed by atoms with Crippen molar-refractivity contribution in [3.05, 3.63) is 64.2 Å². The Kier molecular flexibility index (Phi) is 4.13. The monoisotopic (exact) mass is 362 g/mol. The van der Waals surface area contributed by atoms with Crippen LogP contribution in [0.25, 0.3) is 10.8 Å². The van der Waals surface area contributed by atoms with Crippen molar-refractivity contribution in [2.45, 2.75) is 37.8 Å². The molecule has 2 aromatic heterocycles. The molecule has 0 saturated carbocycles. The molecule has 1 aliphatic carbocycles. The van der Waals surface area contributed by atoms with E-state index in [9.17, 15) is 4.79 Å². The van der Waals surface area contributed by atoms with E-state index in [1.807, 2.05) is 18.2 Å². The fourth-order valence-electron chi connectivity index (χ4n) is 4.15. The molecule has 3 aromatic rings. The Bertz CT molecular complexity index is 1040. The predicted molar refractivity (Wildman–Crippen MR) is 104 cm³/mol. The first-order valence-electron chi connectivity index (χ1n) is 9.59. The molecule has 2 atom stereocenters. The lowest BCUT2D eigenvalue weighted by molar-refractivity contribution is 0.182. The van der Waals surface area contributed by atoms with Gasteiger partial charge in [-0.05, 0) is 42.7 Å². The first-order valence-corrected chi connectivity index (χ1v) is 9.59. The minimum absolute atomic E-state index is 0.0381. The predicted octanol–water partition coefficient (Wildman–Crippen LogP) is 2.72. The van der Waals surface area contributed by atoms with Crippen molar-refractivity contribution < 1.29 is 4.74 Å². The van der Waals surface area contributed by atoms with Crippen molar-refractivity contribution in [2.24, 2.45) is 0 Å². The van der Waals surface area contributed by atoms with Crippen molar-refractivity contribution >= 4 is 16.6 Å². The number of rotatable bonds is 3. The van der Waals surface area contributed by atoms with Crippen LogP contribution in [0, 0.1) is 0 Å². The van der Waals surface area contributed by atoms with Gasteiger partial charge in [-0.2, -0.15) is 5.10 Å². The van der Waals surface area contributed by atoms with Crippen LogP contribution in [0.5, 0.6) is 0 Å². The highest BCUT2D eigenvalue weighted by Gasteiger charge is 2.32. The molecule has 1 fully saturated rings. The maximum Gasteiger partial charge on any atom is 0.267 e. The first kappa shape index (κ1) is 16.4. The highest BCUT2D eigenvalue weighted by molar-refractivity contribution is 5.91. The summed E-state index contributed by atoms with van der Waals surface area (Å²) in [6, 6.07) is 11.7. The number of aryl methyl sites for hydroxylation is 2. The Balaban J connectivity index is 1.48. The largest absolute Gasteiger partial charge is 0.377 e. The number of anilines is 1. The zero-order valence-electron chi connectivity index (χ0n) is 15.1. The molecule has 2 aliphatic rings. The van der Waals surface area contributed by atoms with Gasteiger partial charge in [0.15, 0.2) is 0 Å². The molecule has 27 heavy (non-hydrogen) atoms. The summed E-state index contributed by atoms with van der Waals surface area (Å²) < 4.78 is 7.34. The van der Waals surface area contributed by atoms with Gasteiger partial charge in [0, 0.05) is 17.6 Å². The average molecular weight is 362 g/mol. The number of nitrogens with zero attached hydrogens (tertiary/aromatic N) is 3. The van der Waals surface area contributed by atoms with E-state index in [1.54, 1.807) is 16.9 Å². The zero-order valence-corrected chi connectivity index (χ0v) is 15.1.